The smallest absolute Gasteiger partial charge is 0.416 e. The standard InChI is InChI=1S/C13H15F3N2O4S/c1-7(11(17)19)18-12(20)8-3-9(13(14,15)16)5-10(4-8)22-6-23(2)21/h3-5,7H,6H2,1-2H3,(H2,17,19)(H,18,20)/t7-,23?/m0/s1. The molecule has 0 saturated carbocycles. The molecule has 1 rings (SSSR count). The van der Waals surface area contributed by atoms with Crippen molar-refractivity contribution >= 4 is 23.0 Å². The van der Waals surface area contributed by atoms with Crippen LogP contribution in [0.1, 0.15) is 22.8 Å². The zero-order valence-corrected chi connectivity index (χ0v) is 13.1. The van der Waals surface area contributed by atoms with Crippen molar-refractivity contribution in [2.45, 2.75) is 19.1 Å². The van der Waals surface area contributed by atoms with E-state index in [0.717, 1.165) is 6.07 Å². The molecule has 1 aromatic rings. The van der Waals surface area contributed by atoms with E-state index in [1.807, 2.05) is 0 Å². The first-order chi connectivity index (χ1) is 10.5. The van der Waals surface area contributed by atoms with Crippen LogP contribution in [0.2, 0.25) is 0 Å². The van der Waals surface area contributed by atoms with Crippen molar-refractivity contribution in [2.24, 2.45) is 5.73 Å². The summed E-state index contributed by atoms with van der Waals surface area (Å²) >= 11 is -1.39. The van der Waals surface area contributed by atoms with Crippen LogP contribution in [0.3, 0.4) is 0 Å². The molecule has 0 aromatic heterocycles. The third-order valence-corrected chi connectivity index (χ3v) is 3.11. The number of nitrogens with two attached hydrogens (primary N) is 1. The highest BCUT2D eigenvalue weighted by Crippen LogP contribution is 2.32. The van der Waals surface area contributed by atoms with E-state index < -0.39 is 40.8 Å². The highest BCUT2D eigenvalue weighted by atomic mass is 32.2. The molecule has 3 N–H and O–H groups in total. The van der Waals surface area contributed by atoms with Gasteiger partial charge in [-0.2, -0.15) is 13.2 Å². The lowest BCUT2D eigenvalue weighted by molar-refractivity contribution is -0.137. The third-order valence-electron chi connectivity index (χ3n) is 2.66. The van der Waals surface area contributed by atoms with Crippen molar-refractivity contribution < 1.29 is 32.0 Å². The molecule has 0 spiro atoms. The van der Waals surface area contributed by atoms with Gasteiger partial charge in [0.25, 0.3) is 5.91 Å². The van der Waals surface area contributed by atoms with E-state index in [1.165, 1.54) is 13.2 Å². The molecule has 6 nitrogen and oxygen atoms in total. The van der Waals surface area contributed by atoms with Gasteiger partial charge < -0.3 is 20.3 Å². The number of hydrogen-bond acceptors (Lipinski definition) is 4. The van der Waals surface area contributed by atoms with Gasteiger partial charge in [0.05, 0.1) is 11.8 Å². The van der Waals surface area contributed by atoms with Crippen LogP contribution in [-0.4, -0.2) is 34.6 Å². The number of benzene rings is 1. The summed E-state index contributed by atoms with van der Waals surface area (Å²) in [7, 11) is 0. The fourth-order valence-electron chi connectivity index (χ4n) is 1.48. The summed E-state index contributed by atoms with van der Waals surface area (Å²) in [4.78, 5) is 22.8. The van der Waals surface area contributed by atoms with Gasteiger partial charge in [0.15, 0.2) is 0 Å². The van der Waals surface area contributed by atoms with Crippen LogP contribution < -0.4 is 15.8 Å². The Bertz CT molecular complexity index is 593. The monoisotopic (exact) mass is 352 g/mol. The maximum Gasteiger partial charge on any atom is 0.416 e. The van der Waals surface area contributed by atoms with E-state index in [0.29, 0.717) is 12.1 Å². The lowest BCUT2D eigenvalue weighted by Gasteiger charge is -2.15. The molecule has 2 atom stereocenters. The number of alkyl halides is 3. The minimum Gasteiger partial charge on any atom is -0.614 e. The second kappa shape index (κ2) is 7.55. The Morgan fingerprint density at radius 2 is 2.00 bits per heavy atom. The van der Waals surface area contributed by atoms with Gasteiger partial charge in [0, 0.05) is 5.56 Å². The Morgan fingerprint density at radius 3 is 2.48 bits per heavy atom. The zero-order valence-electron chi connectivity index (χ0n) is 12.3. The van der Waals surface area contributed by atoms with Crippen LogP contribution in [0, 0.1) is 0 Å². The van der Waals surface area contributed by atoms with Crippen LogP contribution in [0.15, 0.2) is 18.2 Å². The molecule has 10 heteroatoms. The third kappa shape index (κ3) is 5.99. The Hall–Kier alpha value is -1.94. The van der Waals surface area contributed by atoms with E-state index in [9.17, 15) is 27.3 Å². The molecule has 1 aromatic carbocycles. The molecule has 0 bridgehead atoms. The number of primary amides is 1. The van der Waals surface area contributed by atoms with Crippen molar-refractivity contribution in [1.29, 1.82) is 0 Å². The topological polar surface area (TPSA) is 104 Å². The molecule has 0 fully saturated rings. The van der Waals surface area contributed by atoms with E-state index >= 15 is 0 Å². The van der Waals surface area contributed by atoms with Crippen LogP contribution in [-0.2, 0) is 22.1 Å². The van der Waals surface area contributed by atoms with Crippen LogP contribution in [0.5, 0.6) is 5.75 Å². The number of carbonyl (C=O) groups excluding carboxylic acids is 2. The molecule has 1 unspecified atom stereocenters. The van der Waals surface area contributed by atoms with Gasteiger partial charge in [-0.3, -0.25) is 9.59 Å². The lowest BCUT2D eigenvalue weighted by Crippen LogP contribution is -2.42. The zero-order chi connectivity index (χ0) is 17.8. The second-order valence-electron chi connectivity index (χ2n) is 4.68. The molecule has 0 aliphatic rings. The normalized spacial score (nSPS) is 14.0. The summed E-state index contributed by atoms with van der Waals surface area (Å²) in [6.07, 6.45) is -3.38. The number of rotatable bonds is 6. The summed E-state index contributed by atoms with van der Waals surface area (Å²) in [5.41, 5.74) is 3.52. The van der Waals surface area contributed by atoms with Gasteiger partial charge in [-0.05, 0) is 36.3 Å². The van der Waals surface area contributed by atoms with Crippen LogP contribution >= 0.6 is 0 Å². The second-order valence-corrected chi connectivity index (χ2v) is 6.06. The van der Waals surface area contributed by atoms with Crippen molar-refractivity contribution in [3.05, 3.63) is 29.3 Å². The first-order valence-corrected chi connectivity index (χ1v) is 7.98. The minimum absolute atomic E-state index is 0.257. The maximum absolute atomic E-state index is 12.9. The number of amides is 2. The predicted molar refractivity (Wildman–Crippen MR) is 77.1 cm³/mol. The van der Waals surface area contributed by atoms with Gasteiger partial charge in [-0.25, -0.2) is 0 Å². The Labute approximate surface area is 133 Å². The fourth-order valence-corrected chi connectivity index (χ4v) is 1.78. The molecule has 0 saturated heterocycles. The molecule has 0 radical (unpaired) electrons. The average molecular weight is 352 g/mol. The number of halogens is 3. The van der Waals surface area contributed by atoms with Crippen molar-refractivity contribution in [1.82, 2.24) is 5.32 Å². The Kier molecular flexibility index (Phi) is 6.28. The summed E-state index contributed by atoms with van der Waals surface area (Å²) in [5, 5.41) is 2.17. The molecular formula is C13H15F3N2O4S. The quantitative estimate of drug-likeness (QED) is 0.746. The van der Waals surface area contributed by atoms with Gasteiger partial charge in [0.1, 0.15) is 11.8 Å². The number of carbonyl (C=O) groups is 2. The molecule has 0 aliphatic carbocycles. The summed E-state index contributed by atoms with van der Waals surface area (Å²) in [5.74, 6) is -2.32. The van der Waals surface area contributed by atoms with Crippen molar-refractivity contribution in [3.8, 4) is 5.75 Å². The molecule has 2 amide bonds. The van der Waals surface area contributed by atoms with E-state index in [1.54, 1.807) is 0 Å². The number of ether oxygens (including phenoxy) is 1. The summed E-state index contributed by atoms with van der Waals surface area (Å²) in [6, 6.07) is 1.33. The first kappa shape index (κ1) is 19.1. The van der Waals surface area contributed by atoms with Gasteiger partial charge in [-0.1, -0.05) is 0 Å². The SMILES string of the molecule is C[C@H](NC(=O)c1cc(OC[S+](C)[O-])cc(C(F)(F)F)c1)C(N)=O. The summed E-state index contributed by atoms with van der Waals surface area (Å²) in [6.45, 7) is 1.30. The molecular weight excluding hydrogens is 337 g/mol. The van der Waals surface area contributed by atoms with Crippen LogP contribution in [0.25, 0.3) is 0 Å². The lowest BCUT2D eigenvalue weighted by atomic mass is 10.1. The van der Waals surface area contributed by atoms with E-state index in [-0.39, 0.29) is 17.3 Å². The summed E-state index contributed by atoms with van der Waals surface area (Å²) < 4.78 is 54.6. The van der Waals surface area contributed by atoms with Crippen molar-refractivity contribution in [2.75, 3.05) is 12.2 Å². The fraction of sp³-hybridized carbons (Fsp3) is 0.385. The highest BCUT2D eigenvalue weighted by molar-refractivity contribution is 7.90. The molecule has 0 heterocycles. The molecule has 23 heavy (non-hydrogen) atoms. The van der Waals surface area contributed by atoms with Crippen LogP contribution in [0.4, 0.5) is 13.2 Å². The first-order valence-electron chi connectivity index (χ1n) is 6.26. The Balaban J connectivity index is 3.12. The predicted octanol–water partition coefficient (Wildman–Crippen LogP) is 1.02. The molecule has 128 valence electrons. The van der Waals surface area contributed by atoms with Crippen molar-refractivity contribution in [3.63, 3.8) is 0 Å². The van der Waals surface area contributed by atoms with E-state index in [2.05, 4.69) is 5.32 Å². The average Bonchev–Trinajstić information content (AvgIpc) is 2.43. The van der Waals surface area contributed by atoms with Gasteiger partial charge in [-0.15, -0.1) is 0 Å². The molecule has 0 aliphatic heterocycles. The minimum atomic E-state index is -4.70. The van der Waals surface area contributed by atoms with Gasteiger partial charge in [0.2, 0.25) is 11.8 Å². The number of hydrogen-bond donors (Lipinski definition) is 2. The van der Waals surface area contributed by atoms with Gasteiger partial charge >= 0.3 is 6.18 Å². The highest BCUT2D eigenvalue weighted by Gasteiger charge is 2.32. The van der Waals surface area contributed by atoms with E-state index in [4.69, 9.17) is 10.5 Å². The number of nitrogens with one attached hydrogen (secondary N) is 1. The Morgan fingerprint density at radius 1 is 1.39 bits per heavy atom. The largest absolute Gasteiger partial charge is 0.614 e. The maximum atomic E-state index is 12.9.